The van der Waals surface area contributed by atoms with Crippen molar-refractivity contribution in [2.75, 3.05) is 18.3 Å². The van der Waals surface area contributed by atoms with E-state index < -0.39 is 35.5 Å². The number of amides is 2. The molecule has 8 nitrogen and oxygen atoms in total. The molecule has 4 atom stereocenters. The van der Waals surface area contributed by atoms with Gasteiger partial charge in [-0.3, -0.25) is 14.4 Å². The molecule has 0 saturated carbocycles. The lowest BCUT2D eigenvalue weighted by Crippen LogP contribution is -2.42. The Hall–Kier alpha value is -5.11. The lowest BCUT2D eigenvalue weighted by Gasteiger charge is -2.38. The molecule has 2 amide bonds. The highest BCUT2D eigenvalue weighted by Crippen LogP contribution is 2.56. The molecule has 1 fully saturated rings. The number of anilines is 1. The predicted octanol–water partition coefficient (Wildman–Crippen LogP) is 5.49. The average molecular weight is 560 g/mol. The third-order valence-electron chi connectivity index (χ3n) is 8.67. The van der Waals surface area contributed by atoms with Gasteiger partial charge in [-0.2, -0.15) is 0 Å². The summed E-state index contributed by atoms with van der Waals surface area (Å²) in [6, 6.07) is 24.0. The number of carbonyl (C=O) groups excluding carboxylic acids is 3. The summed E-state index contributed by atoms with van der Waals surface area (Å²) in [6.07, 6.45) is 1.99. The Morgan fingerprint density at radius 3 is 2.43 bits per heavy atom. The van der Waals surface area contributed by atoms with Gasteiger partial charge in [0, 0.05) is 11.5 Å². The van der Waals surface area contributed by atoms with Crippen LogP contribution in [0.3, 0.4) is 0 Å². The van der Waals surface area contributed by atoms with Crippen LogP contribution in [0.25, 0.3) is 16.3 Å². The van der Waals surface area contributed by atoms with Gasteiger partial charge in [0.05, 0.1) is 30.0 Å². The molecule has 208 valence electrons. The quantitative estimate of drug-likeness (QED) is 0.186. The molecular formula is C34H25NO7. The van der Waals surface area contributed by atoms with Gasteiger partial charge in [0.25, 0.3) is 0 Å². The lowest BCUT2D eigenvalue weighted by atomic mass is 9.64. The lowest BCUT2D eigenvalue weighted by molar-refractivity contribution is -0.142. The Labute approximate surface area is 241 Å². The molecule has 1 saturated heterocycles. The smallest absolute Gasteiger partial charge is 0.319 e. The van der Waals surface area contributed by atoms with E-state index in [9.17, 15) is 14.4 Å². The summed E-state index contributed by atoms with van der Waals surface area (Å²) in [5, 5.41) is 1.90. The van der Waals surface area contributed by atoms with Crippen molar-refractivity contribution in [3.63, 3.8) is 0 Å². The third-order valence-corrected chi connectivity index (χ3v) is 8.67. The van der Waals surface area contributed by atoms with Crippen LogP contribution in [0.4, 0.5) is 5.69 Å². The highest BCUT2D eigenvalue weighted by atomic mass is 16.7. The van der Waals surface area contributed by atoms with Crippen LogP contribution in [-0.2, 0) is 14.4 Å². The summed E-state index contributed by atoms with van der Waals surface area (Å²) in [7, 11) is 0. The molecule has 4 aromatic rings. The Morgan fingerprint density at radius 2 is 1.60 bits per heavy atom. The first-order valence-corrected chi connectivity index (χ1v) is 14.0. The Kier molecular flexibility index (Phi) is 5.41. The molecule has 3 heterocycles. The van der Waals surface area contributed by atoms with Crippen LogP contribution >= 0.6 is 0 Å². The fourth-order valence-electron chi connectivity index (χ4n) is 6.89. The average Bonchev–Trinajstić information content (AvgIpc) is 3.58. The van der Waals surface area contributed by atoms with E-state index in [1.165, 1.54) is 4.90 Å². The zero-order valence-corrected chi connectivity index (χ0v) is 22.6. The predicted molar refractivity (Wildman–Crippen MR) is 153 cm³/mol. The van der Waals surface area contributed by atoms with Crippen LogP contribution in [0.15, 0.2) is 84.9 Å². The SMILES string of the molecule is CCOc1ccc(N2C(=O)[C@@H]3[C@@H]4C(=O)Oc5ccc6ccccc6c5C4=C[C@H](c4ccc5c(c4)OCO5)[C@@H]3C2=O)cc1. The van der Waals surface area contributed by atoms with E-state index in [0.29, 0.717) is 40.9 Å². The largest absolute Gasteiger partial charge is 0.494 e. The number of rotatable bonds is 4. The van der Waals surface area contributed by atoms with Crippen molar-refractivity contribution in [2.24, 2.45) is 17.8 Å². The van der Waals surface area contributed by atoms with Crippen molar-refractivity contribution < 1.29 is 33.3 Å². The van der Waals surface area contributed by atoms with E-state index in [2.05, 4.69) is 0 Å². The Bertz CT molecular complexity index is 1840. The normalized spacial score (nSPS) is 23.7. The molecule has 8 heteroatoms. The van der Waals surface area contributed by atoms with Crippen LogP contribution in [-0.4, -0.2) is 31.2 Å². The van der Waals surface area contributed by atoms with Gasteiger partial charge in [-0.05, 0) is 71.3 Å². The summed E-state index contributed by atoms with van der Waals surface area (Å²) in [6.45, 7) is 2.50. The minimum Gasteiger partial charge on any atom is -0.494 e. The van der Waals surface area contributed by atoms with Crippen molar-refractivity contribution >= 4 is 39.8 Å². The second-order valence-corrected chi connectivity index (χ2v) is 10.8. The number of imide groups is 1. The number of hydrogen-bond donors (Lipinski definition) is 0. The van der Waals surface area contributed by atoms with E-state index in [4.69, 9.17) is 18.9 Å². The van der Waals surface area contributed by atoms with Crippen molar-refractivity contribution in [1.82, 2.24) is 0 Å². The van der Waals surface area contributed by atoms with Gasteiger partial charge in [-0.25, -0.2) is 4.90 Å². The van der Waals surface area contributed by atoms with Gasteiger partial charge in [-0.1, -0.05) is 42.5 Å². The molecule has 0 radical (unpaired) electrons. The summed E-state index contributed by atoms with van der Waals surface area (Å²) in [5.74, 6) is -2.21. The summed E-state index contributed by atoms with van der Waals surface area (Å²) < 4.78 is 22.6. The van der Waals surface area contributed by atoms with Gasteiger partial charge in [-0.15, -0.1) is 0 Å². The molecule has 3 aliphatic heterocycles. The monoisotopic (exact) mass is 559 g/mol. The van der Waals surface area contributed by atoms with Crippen molar-refractivity contribution in [3.8, 4) is 23.0 Å². The van der Waals surface area contributed by atoms with E-state index in [1.807, 2.05) is 61.5 Å². The molecule has 4 aliphatic rings. The fraction of sp³-hybridized carbons (Fsp3) is 0.206. The number of esters is 1. The van der Waals surface area contributed by atoms with Crippen LogP contribution in [0.2, 0.25) is 0 Å². The topological polar surface area (TPSA) is 91.4 Å². The van der Waals surface area contributed by atoms with Crippen LogP contribution in [0.5, 0.6) is 23.0 Å². The second kappa shape index (κ2) is 9.21. The molecule has 1 aliphatic carbocycles. The number of carbonyl (C=O) groups is 3. The first-order valence-electron chi connectivity index (χ1n) is 14.0. The maximum Gasteiger partial charge on any atom is 0.319 e. The number of fused-ring (bicyclic) bond motifs is 8. The van der Waals surface area contributed by atoms with Gasteiger partial charge in [0.15, 0.2) is 11.5 Å². The minimum absolute atomic E-state index is 0.118. The van der Waals surface area contributed by atoms with Gasteiger partial charge in [0.1, 0.15) is 11.5 Å². The van der Waals surface area contributed by atoms with Crippen molar-refractivity contribution in [2.45, 2.75) is 12.8 Å². The number of hydrogen-bond acceptors (Lipinski definition) is 7. The molecule has 0 unspecified atom stereocenters. The van der Waals surface area contributed by atoms with E-state index in [-0.39, 0.29) is 12.7 Å². The standard InChI is InChI=1S/C34H25NO7/c1-2-39-21-11-9-20(10-12-21)35-32(36)29-23(19-8-13-25-27(15-19)41-17-40-25)16-24-28-22-6-4-3-5-18(22)7-14-26(28)42-34(38)30(24)31(29)33(35)37/h3-16,23,29-31H,2,17H2,1H3/t23-,29+,30-,31+/m1/s1. The third kappa shape index (κ3) is 3.51. The van der Waals surface area contributed by atoms with Gasteiger partial charge in [0.2, 0.25) is 18.6 Å². The summed E-state index contributed by atoms with van der Waals surface area (Å²) in [5.41, 5.74) is 2.72. The zero-order valence-electron chi connectivity index (χ0n) is 22.6. The number of ether oxygens (including phenoxy) is 4. The first kappa shape index (κ1) is 24.7. The van der Waals surface area contributed by atoms with Crippen LogP contribution in [0.1, 0.15) is 24.0 Å². The molecule has 8 rings (SSSR count). The summed E-state index contributed by atoms with van der Waals surface area (Å²) in [4.78, 5) is 43.4. The molecule has 42 heavy (non-hydrogen) atoms. The van der Waals surface area contributed by atoms with Crippen LogP contribution < -0.4 is 23.8 Å². The summed E-state index contributed by atoms with van der Waals surface area (Å²) >= 11 is 0. The number of nitrogens with zero attached hydrogens (tertiary/aromatic N) is 1. The molecule has 0 spiro atoms. The highest BCUT2D eigenvalue weighted by molar-refractivity contribution is 6.25. The fourth-order valence-corrected chi connectivity index (χ4v) is 6.89. The second-order valence-electron chi connectivity index (χ2n) is 10.8. The molecule has 0 N–H and O–H groups in total. The Morgan fingerprint density at radius 1 is 0.833 bits per heavy atom. The first-order chi connectivity index (χ1) is 20.5. The zero-order chi connectivity index (χ0) is 28.5. The highest BCUT2D eigenvalue weighted by Gasteiger charge is 2.60. The van der Waals surface area contributed by atoms with Gasteiger partial charge >= 0.3 is 5.97 Å². The maximum absolute atomic E-state index is 14.3. The van der Waals surface area contributed by atoms with Crippen molar-refractivity contribution in [3.05, 3.63) is 96.1 Å². The van der Waals surface area contributed by atoms with E-state index >= 15 is 0 Å². The molecular weight excluding hydrogens is 534 g/mol. The van der Waals surface area contributed by atoms with E-state index in [0.717, 1.165) is 21.9 Å². The molecule has 0 bridgehead atoms. The van der Waals surface area contributed by atoms with Gasteiger partial charge < -0.3 is 18.9 Å². The van der Waals surface area contributed by atoms with Crippen molar-refractivity contribution in [1.29, 1.82) is 0 Å². The van der Waals surface area contributed by atoms with Crippen LogP contribution in [0, 0.1) is 17.8 Å². The number of allylic oxidation sites excluding steroid dienone is 1. The number of benzene rings is 4. The maximum atomic E-state index is 14.3. The Balaban J connectivity index is 1.32. The minimum atomic E-state index is -0.945. The molecule has 0 aromatic heterocycles. The molecule has 4 aromatic carbocycles. The van der Waals surface area contributed by atoms with E-state index in [1.54, 1.807) is 30.3 Å².